The molecule has 3 rings (SSSR count). The molecule has 0 saturated carbocycles. The molecule has 0 aromatic carbocycles. The van der Waals surface area contributed by atoms with E-state index >= 15 is 0 Å². The number of pyridine rings is 1. The molecule has 2 atom stereocenters. The standard InChI is InChI=1S/C19H20F3N5O4S/c1-10(17(28)29)24-18-26-14-7-6-13(11-4-3-5-12(8-11)32(2,30)31)25-15(14)16(27-18)23-9-19(20,21)22/h3-4,6-8,10,12H,5,9H2,1-2H3,(H,28,29)(H2,23,24,26,27). The van der Waals surface area contributed by atoms with Gasteiger partial charge in [0.1, 0.15) is 18.1 Å². The summed E-state index contributed by atoms with van der Waals surface area (Å²) in [6.07, 6.45) is 1.81. The third kappa shape index (κ3) is 5.72. The lowest BCUT2D eigenvalue weighted by atomic mass is 10.0. The second-order valence-corrected chi connectivity index (χ2v) is 9.53. The highest BCUT2D eigenvalue weighted by molar-refractivity contribution is 7.91. The SMILES string of the molecule is CC(Nc1nc(NCC(F)(F)F)c2nc(C3=CC(S(C)(=O)=O)CC=C3)ccc2n1)C(=O)O. The molecule has 0 aliphatic heterocycles. The maximum absolute atomic E-state index is 12.8. The zero-order valence-corrected chi connectivity index (χ0v) is 17.8. The van der Waals surface area contributed by atoms with Gasteiger partial charge in [-0.15, -0.1) is 0 Å². The zero-order valence-electron chi connectivity index (χ0n) is 17.0. The molecular weight excluding hydrogens is 451 g/mol. The Balaban J connectivity index is 2.07. The fraction of sp³-hybridized carbons (Fsp3) is 0.368. The molecule has 0 saturated heterocycles. The molecule has 0 bridgehead atoms. The molecule has 0 amide bonds. The minimum Gasteiger partial charge on any atom is -0.480 e. The Morgan fingerprint density at radius 1 is 1.28 bits per heavy atom. The summed E-state index contributed by atoms with van der Waals surface area (Å²) >= 11 is 0. The first-order valence-corrected chi connectivity index (χ1v) is 11.4. The van der Waals surface area contributed by atoms with Gasteiger partial charge in [0.2, 0.25) is 5.95 Å². The van der Waals surface area contributed by atoms with E-state index in [1.807, 2.05) is 0 Å². The van der Waals surface area contributed by atoms with Crippen LogP contribution in [0.2, 0.25) is 0 Å². The zero-order chi connectivity index (χ0) is 23.7. The lowest BCUT2D eigenvalue weighted by Crippen LogP contribution is -2.27. The minimum atomic E-state index is -4.53. The van der Waals surface area contributed by atoms with E-state index in [1.54, 1.807) is 18.2 Å². The minimum absolute atomic E-state index is 0.0241. The Bertz CT molecular complexity index is 1210. The molecule has 2 unspecified atom stereocenters. The lowest BCUT2D eigenvalue weighted by molar-refractivity contribution is -0.137. The van der Waals surface area contributed by atoms with Gasteiger partial charge in [0, 0.05) is 6.26 Å². The first-order valence-electron chi connectivity index (χ1n) is 9.40. The van der Waals surface area contributed by atoms with Crippen molar-refractivity contribution < 1.29 is 31.5 Å². The van der Waals surface area contributed by atoms with Crippen LogP contribution in [0.1, 0.15) is 19.0 Å². The van der Waals surface area contributed by atoms with E-state index in [-0.39, 0.29) is 22.8 Å². The van der Waals surface area contributed by atoms with E-state index < -0.39 is 39.8 Å². The molecule has 0 radical (unpaired) electrons. The van der Waals surface area contributed by atoms with Gasteiger partial charge < -0.3 is 15.7 Å². The second-order valence-electron chi connectivity index (χ2n) is 7.26. The van der Waals surface area contributed by atoms with Gasteiger partial charge in [-0.25, -0.2) is 18.4 Å². The van der Waals surface area contributed by atoms with Crippen LogP contribution in [0.5, 0.6) is 0 Å². The molecule has 0 fully saturated rings. The molecule has 1 aliphatic carbocycles. The Morgan fingerprint density at radius 3 is 2.62 bits per heavy atom. The van der Waals surface area contributed by atoms with Crippen LogP contribution < -0.4 is 10.6 Å². The van der Waals surface area contributed by atoms with E-state index in [1.165, 1.54) is 19.1 Å². The Hall–Kier alpha value is -3.22. The van der Waals surface area contributed by atoms with Gasteiger partial charge in [0.25, 0.3) is 0 Å². The van der Waals surface area contributed by atoms with Crippen molar-refractivity contribution in [1.29, 1.82) is 0 Å². The topological polar surface area (TPSA) is 134 Å². The predicted molar refractivity (Wildman–Crippen MR) is 113 cm³/mol. The molecule has 2 aromatic heterocycles. The van der Waals surface area contributed by atoms with Crippen LogP contribution in [0.4, 0.5) is 24.9 Å². The van der Waals surface area contributed by atoms with Crippen molar-refractivity contribution in [3.05, 3.63) is 36.1 Å². The molecule has 2 heterocycles. The number of hydrogen-bond donors (Lipinski definition) is 3. The fourth-order valence-corrected chi connectivity index (χ4v) is 3.78. The average molecular weight is 471 g/mol. The number of anilines is 2. The molecule has 1 aliphatic rings. The lowest BCUT2D eigenvalue weighted by Gasteiger charge is -2.17. The third-order valence-electron chi connectivity index (χ3n) is 4.59. The van der Waals surface area contributed by atoms with Crippen molar-refractivity contribution in [2.75, 3.05) is 23.4 Å². The van der Waals surface area contributed by atoms with Crippen LogP contribution in [-0.2, 0) is 14.6 Å². The number of carbonyl (C=O) groups is 1. The summed E-state index contributed by atoms with van der Waals surface area (Å²) in [5.41, 5.74) is 1.03. The summed E-state index contributed by atoms with van der Waals surface area (Å²) in [5.74, 6) is -1.61. The number of allylic oxidation sites excluding steroid dienone is 3. The highest BCUT2D eigenvalue weighted by Crippen LogP contribution is 2.28. The van der Waals surface area contributed by atoms with Crippen molar-refractivity contribution in [2.24, 2.45) is 0 Å². The summed E-state index contributed by atoms with van der Waals surface area (Å²) < 4.78 is 62.2. The maximum atomic E-state index is 12.8. The van der Waals surface area contributed by atoms with Crippen LogP contribution >= 0.6 is 0 Å². The fourth-order valence-electron chi connectivity index (χ4n) is 2.92. The number of alkyl halides is 3. The molecule has 32 heavy (non-hydrogen) atoms. The van der Waals surface area contributed by atoms with Crippen LogP contribution in [0, 0.1) is 0 Å². The van der Waals surface area contributed by atoms with Crippen molar-refractivity contribution in [3.8, 4) is 0 Å². The van der Waals surface area contributed by atoms with Crippen LogP contribution in [0.25, 0.3) is 16.6 Å². The van der Waals surface area contributed by atoms with Gasteiger partial charge in [-0.2, -0.15) is 18.2 Å². The van der Waals surface area contributed by atoms with Crippen molar-refractivity contribution in [1.82, 2.24) is 15.0 Å². The first kappa shape index (κ1) is 23.4. The quantitative estimate of drug-likeness (QED) is 0.557. The highest BCUT2D eigenvalue weighted by Gasteiger charge is 2.28. The number of carboxylic acids is 1. The van der Waals surface area contributed by atoms with E-state index in [0.29, 0.717) is 17.7 Å². The number of sulfone groups is 1. The summed E-state index contributed by atoms with van der Waals surface area (Å²) in [5, 5.41) is 13.0. The van der Waals surface area contributed by atoms with Gasteiger partial charge in [-0.3, -0.25) is 4.79 Å². The number of fused-ring (bicyclic) bond motifs is 1. The highest BCUT2D eigenvalue weighted by atomic mass is 32.2. The van der Waals surface area contributed by atoms with E-state index in [0.717, 1.165) is 6.26 Å². The monoisotopic (exact) mass is 471 g/mol. The number of aliphatic carboxylic acids is 1. The summed E-state index contributed by atoms with van der Waals surface area (Å²) in [6, 6.07) is 1.96. The van der Waals surface area contributed by atoms with Crippen LogP contribution in [-0.4, -0.2) is 64.7 Å². The van der Waals surface area contributed by atoms with Crippen molar-refractivity contribution in [3.63, 3.8) is 0 Å². The van der Waals surface area contributed by atoms with Crippen molar-refractivity contribution in [2.45, 2.75) is 30.8 Å². The number of nitrogens with one attached hydrogen (secondary N) is 2. The second kappa shape index (κ2) is 8.73. The first-order chi connectivity index (χ1) is 14.8. The van der Waals surface area contributed by atoms with Gasteiger partial charge in [-0.1, -0.05) is 18.2 Å². The smallest absolute Gasteiger partial charge is 0.405 e. The Morgan fingerprint density at radius 2 is 2.00 bits per heavy atom. The maximum Gasteiger partial charge on any atom is 0.405 e. The number of aromatic nitrogens is 3. The summed E-state index contributed by atoms with van der Waals surface area (Å²) in [7, 11) is -3.34. The number of nitrogens with zero attached hydrogens (tertiary/aromatic N) is 3. The van der Waals surface area contributed by atoms with E-state index in [2.05, 4.69) is 25.6 Å². The molecule has 3 N–H and O–H groups in total. The normalized spacial score (nSPS) is 17.7. The molecule has 13 heteroatoms. The largest absolute Gasteiger partial charge is 0.480 e. The van der Waals surface area contributed by atoms with Crippen LogP contribution in [0.3, 0.4) is 0 Å². The van der Waals surface area contributed by atoms with Gasteiger partial charge in [-0.05, 0) is 31.1 Å². The molecule has 172 valence electrons. The Kier molecular flexibility index (Phi) is 6.39. The number of rotatable bonds is 7. The third-order valence-corrected chi connectivity index (χ3v) is 6.02. The van der Waals surface area contributed by atoms with Crippen molar-refractivity contribution >= 4 is 44.2 Å². The number of halogens is 3. The predicted octanol–water partition coefficient (Wildman–Crippen LogP) is 2.64. The summed E-state index contributed by atoms with van der Waals surface area (Å²) in [6.45, 7) is -0.0577. The van der Waals surface area contributed by atoms with Gasteiger partial charge in [0.05, 0.1) is 16.5 Å². The molecule has 2 aromatic rings. The average Bonchev–Trinajstić information content (AvgIpc) is 2.70. The van der Waals surface area contributed by atoms with E-state index in [4.69, 9.17) is 5.11 Å². The number of carboxylic acid groups (broad SMARTS) is 1. The molecular formula is C19H20F3N5O4S. The number of hydrogen-bond acceptors (Lipinski definition) is 8. The molecule has 0 spiro atoms. The van der Waals surface area contributed by atoms with Gasteiger partial charge in [0.15, 0.2) is 15.7 Å². The van der Waals surface area contributed by atoms with Crippen LogP contribution in [0.15, 0.2) is 30.4 Å². The molecule has 9 nitrogen and oxygen atoms in total. The van der Waals surface area contributed by atoms with E-state index in [9.17, 15) is 26.4 Å². The summed E-state index contributed by atoms with van der Waals surface area (Å²) in [4.78, 5) is 23.5. The van der Waals surface area contributed by atoms with Gasteiger partial charge >= 0.3 is 12.1 Å². The Labute approximate surface area is 181 Å².